The molecule has 1 amide bonds. The number of nitrogens with zero attached hydrogens (tertiary/aromatic N) is 1. The van der Waals surface area contributed by atoms with Gasteiger partial charge in [0.1, 0.15) is 11.5 Å². The summed E-state index contributed by atoms with van der Waals surface area (Å²) < 4.78 is 5.41. The predicted molar refractivity (Wildman–Crippen MR) is 68.4 cm³/mol. The highest BCUT2D eigenvalue weighted by atomic mass is 35.5. The van der Waals surface area contributed by atoms with Crippen molar-refractivity contribution in [1.29, 1.82) is 0 Å². The number of nitrogens with one attached hydrogen (secondary N) is 2. The highest BCUT2D eigenvalue weighted by Crippen LogP contribution is 2.16. The Morgan fingerprint density at radius 3 is 3.11 bits per heavy atom. The van der Waals surface area contributed by atoms with Crippen molar-refractivity contribution in [3.05, 3.63) is 22.8 Å². The Labute approximate surface area is 110 Å². The van der Waals surface area contributed by atoms with E-state index in [1.54, 1.807) is 12.1 Å². The molecular formula is C11H15ClN4O2. The number of ether oxygens (including phenoxy) is 1. The lowest BCUT2D eigenvalue weighted by atomic mass is 10.2. The summed E-state index contributed by atoms with van der Waals surface area (Å²) in [6.45, 7) is 1.23. The van der Waals surface area contributed by atoms with Gasteiger partial charge in [0.05, 0.1) is 11.1 Å². The molecule has 18 heavy (non-hydrogen) atoms. The van der Waals surface area contributed by atoms with Gasteiger partial charge in [-0.2, -0.15) is 0 Å². The van der Waals surface area contributed by atoms with Crippen molar-refractivity contribution in [2.45, 2.75) is 18.9 Å². The number of pyridine rings is 1. The van der Waals surface area contributed by atoms with Crippen molar-refractivity contribution >= 4 is 23.3 Å². The Bertz CT molecular complexity index is 435. The Hall–Kier alpha value is -1.37. The van der Waals surface area contributed by atoms with E-state index >= 15 is 0 Å². The van der Waals surface area contributed by atoms with Crippen LogP contribution in [0.25, 0.3) is 0 Å². The summed E-state index contributed by atoms with van der Waals surface area (Å²) in [6.07, 6.45) is 2.08. The second-order valence-electron chi connectivity index (χ2n) is 4.02. The Kier molecular flexibility index (Phi) is 4.35. The first-order valence-electron chi connectivity index (χ1n) is 5.73. The molecule has 0 radical (unpaired) electrons. The minimum Gasteiger partial charge on any atom is -0.376 e. The summed E-state index contributed by atoms with van der Waals surface area (Å²) >= 11 is 5.92. The molecule has 1 aliphatic heterocycles. The number of hydrazine groups is 1. The molecule has 98 valence electrons. The number of aromatic nitrogens is 1. The molecule has 0 bridgehead atoms. The molecule has 0 aliphatic carbocycles. The van der Waals surface area contributed by atoms with E-state index in [0.717, 1.165) is 19.4 Å². The second kappa shape index (κ2) is 5.99. The number of carbonyl (C=O) groups is 1. The van der Waals surface area contributed by atoms with Crippen LogP contribution < -0.4 is 16.6 Å². The number of rotatable bonds is 4. The van der Waals surface area contributed by atoms with Crippen molar-refractivity contribution in [1.82, 2.24) is 10.3 Å². The number of hydrogen-bond donors (Lipinski definition) is 3. The van der Waals surface area contributed by atoms with Gasteiger partial charge in [-0.25, -0.2) is 10.8 Å². The summed E-state index contributed by atoms with van der Waals surface area (Å²) in [5.74, 6) is 5.30. The SMILES string of the molecule is NNc1ccc(Cl)c(C(=O)NCC2CCCO2)n1. The first-order chi connectivity index (χ1) is 8.70. The predicted octanol–water partition coefficient (Wildman–Crippen LogP) is 0.929. The Morgan fingerprint density at radius 1 is 1.61 bits per heavy atom. The molecule has 7 heteroatoms. The number of amides is 1. The third kappa shape index (κ3) is 3.10. The van der Waals surface area contributed by atoms with Gasteiger partial charge in [-0.1, -0.05) is 11.6 Å². The first kappa shape index (κ1) is 13.1. The normalized spacial score (nSPS) is 18.7. The minimum absolute atomic E-state index is 0.0866. The van der Waals surface area contributed by atoms with Gasteiger partial charge in [-0.15, -0.1) is 0 Å². The molecule has 4 N–H and O–H groups in total. The molecule has 0 saturated carbocycles. The van der Waals surface area contributed by atoms with Crippen LogP contribution in [0, 0.1) is 0 Å². The molecule has 2 heterocycles. The number of anilines is 1. The standard InChI is InChI=1S/C11H15ClN4O2/c12-8-3-4-9(16-13)15-10(8)11(17)14-6-7-2-1-5-18-7/h3-4,7H,1-2,5-6,13H2,(H,14,17)(H,15,16). The van der Waals surface area contributed by atoms with E-state index in [0.29, 0.717) is 17.4 Å². The zero-order chi connectivity index (χ0) is 13.0. The fourth-order valence-corrected chi connectivity index (χ4v) is 1.97. The van der Waals surface area contributed by atoms with E-state index in [-0.39, 0.29) is 17.7 Å². The molecule has 1 fully saturated rings. The fraction of sp³-hybridized carbons (Fsp3) is 0.455. The molecule has 1 unspecified atom stereocenters. The molecule has 0 spiro atoms. The average Bonchev–Trinajstić information content (AvgIpc) is 2.89. The molecule has 0 aromatic carbocycles. The quantitative estimate of drug-likeness (QED) is 0.559. The van der Waals surface area contributed by atoms with Crippen molar-refractivity contribution in [2.75, 3.05) is 18.6 Å². The smallest absolute Gasteiger partial charge is 0.271 e. The highest BCUT2D eigenvalue weighted by molar-refractivity contribution is 6.33. The average molecular weight is 271 g/mol. The van der Waals surface area contributed by atoms with Crippen LogP contribution in [-0.2, 0) is 4.74 Å². The number of halogens is 1. The molecule has 1 saturated heterocycles. The van der Waals surface area contributed by atoms with Crippen LogP contribution in [0.1, 0.15) is 23.3 Å². The van der Waals surface area contributed by atoms with Gasteiger partial charge < -0.3 is 15.5 Å². The maximum atomic E-state index is 11.9. The molecule has 1 aromatic heterocycles. The van der Waals surface area contributed by atoms with Crippen LogP contribution >= 0.6 is 11.6 Å². The van der Waals surface area contributed by atoms with Crippen LogP contribution in [-0.4, -0.2) is 30.1 Å². The monoisotopic (exact) mass is 270 g/mol. The summed E-state index contributed by atoms with van der Waals surface area (Å²) in [6, 6.07) is 3.17. The summed E-state index contributed by atoms with van der Waals surface area (Å²) in [5, 5.41) is 3.04. The van der Waals surface area contributed by atoms with Gasteiger partial charge in [0.2, 0.25) is 0 Å². The van der Waals surface area contributed by atoms with Gasteiger partial charge in [-0.3, -0.25) is 4.79 Å². The second-order valence-corrected chi connectivity index (χ2v) is 4.42. The summed E-state index contributed by atoms with van der Waals surface area (Å²) in [5.41, 5.74) is 2.53. The molecule has 2 rings (SSSR count). The zero-order valence-corrected chi connectivity index (χ0v) is 10.5. The van der Waals surface area contributed by atoms with E-state index in [2.05, 4.69) is 15.7 Å². The first-order valence-corrected chi connectivity index (χ1v) is 6.11. The van der Waals surface area contributed by atoms with Crippen molar-refractivity contribution in [2.24, 2.45) is 5.84 Å². The van der Waals surface area contributed by atoms with E-state index in [9.17, 15) is 4.79 Å². The molecule has 1 aliphatic rings. The molecule has 1 atom stereocenters. The minimum atomic E-state index is -0.326. The van der Waals surface area contributed by atoms with Crippen LogP contribution in [0.4, 0.5) is 5.82 Å². The maximum Gasteiger partial charge on any atom is 0.271 e. The highest BCUT2D eigenvalue weighted by Gasteiger charge is 2.18. The Morgan fingerprint density at radius 2 is 2.44 bits per heavy atom. The van der Waals surface area contributed by atoms with Crippen molar-refractivity contribution < 1.29 is 9.53 Å². The summed E-state index contributed by atoms with van der Waals surface area (Å²) in [4.78, 5) is 15.9. The van der Waals surface area contributed by atoms with E-state index in [4.69, 9.17) is 22.2 Å². The topological polar surface area (TPSA) is 89.3 Å². The number of carbonyl (C=O) groups excluding carboxylic acids is 1. The number of nitrogens with two attached hydrogens (primary N) is 1. The van der Waals surface area contributed by atoms with Crippen molar-refractivity contribution in [3.8, 4) is 0 Å². The van der Waals surface area contributed by atoms with E-state index < -0.39 is 0 Å². The summed E-state index contributed by atoms with van der Waals surface area (Å²) in [7, 11) is 0. The molecular weight excluding hydrogens is 256 g/mol. The largest absolute Gasteiger partial charge is 0.376 e. The third-order valence-corrected chi connectivity index (χ3v) is 3.03. The van der Waals surface area contributed by atoms with Crippen LogP contribution in [0.5, 0.6) is 0 Å². The lowest BCUT2D eigenvalue weighted by molar-refractivity contribution is 0.0854. The van der Waals surface area contributed by atoms with Crippen LogP contribution in [0.15, 0.2) is 12.1 Å². The molecule has 6 nitrogen and oxygen atoms in total. The van der Waals surface area contributed by atoms with Gasteiger partial charge in [0.15, 0.2) is 0 Å². The van der Waals surface area contributed by atoms with E-state index in [1.807, 2.05) is 0 Å². The van der Waals surface area contributed by atoms with Gasteiger partial charge in [-0.05, 0) is 25.0 Å². The van der Waals surface area contributed by atoms with Crippen LogP contribution in [0.2, 0.25) is 5.02 Å². The maximum absolute atomic E-state index is 11.9. The lowest BCUT2D eigenvalue weighted by Gasteiger charge is -2.11. The third-order valence-electron chi connectivity index (χ3n) is 2.72. The Balaban J connectivity index is 1.98. The van der Waals surface area contributed by atoms with E-state index in [1.165, 1.54) is 0 Å². The zero-order valence-electron chi connectivity index (χ0n) is 9.78. The number of hydrogen-bond acceptors (Lipinski definition) is 5. The fourth-order valence-electron chi connectivity index (χ4n) is 1.78. The van der Waals surface area contributed by atoms with Gasteiger partial charge in [0.25, 0.3) is 5.91 Å². The van der Waals surface area contributed by atoms with Gasteiger partial charge >= 0.3 is 0 Å². The van der Waals surface area contributed by atoms with Crippen LogP contribution in [0.3, 0.4) is 0 Å². The molecule has 1 aromatic rings. The van der Waals surface area contributed by atoms with Crippen molar-refractivity contribution in [3.63, 3.8) is 0 Å². The lowest BCUT2D eigenvalue weighted by Crippen LogP contribution is -2.32. The van der Waals surface area contributed by atoms with Gasteiger partial charge in [0, 0.05) is 13.2 Å². The number of nitrogen functional groups attached to an aromatic ring is 1.